The highest BCUT2D eigenvalue weighted by atomic mass is 16.6. The molecule has 0 saturated carbocycles. The Morgan fingerprint density at radius 2 is 1.95 bits per heavy atom. The number of hydrogen-bond donors (Lipinski definition) is 0. The lowest BCUT2D eigenvalue weighted by Gasteiger charge is -2.38. The molecule has 1 aromatic heterocycles. The van der Waals surface area contributed by atoms with Gasteiger partial charge in [0.2, 0.25) is 0 Å². The molecule has 0 N–H and O–H groups in total. The molecule has 1 aliphatic heterocycles. The summed E-state index contributed by atoms with van der Waals surface area (Å²) < 4.78 is 5.42. The molecular formula is C16H25N3O2. The predicted octanol–water partition coefficient (Wildman–Crippen LogP) is 2.70. The molecule has 0 radical (unpaired) electrons. The van der Waals surface area contributed by atoms with Crippen LogP contribution >= 0.6 is 0 Å². The minimum Gasteiger partial charge on any atom is -0.444 e. The summed E-state index contributed by atoms with van der Waals surface area (Å²) in [5, 5.41) is 0. The SMILES string of the molecule is CC(c1cccnc1)N1CCN(C(=O)OC(C)(C)C)CC1. The highest BCUT2D eigenvalue weighted by Gasteiger charge is 2.27. The summed E-state index contributed by atoms with van der Waals surface area (Å²) in [5.74, 6) is 0. The van der Waals surface area contributed by atoms with Gasteiger partial charge in [-0.25, -0.2) is 4.79 Å². The minimum atomic E-state index is -0.433. The zero-order chi connectivity index (χ0) is 15.5. The lowest BCUT2D eigenvalue weighted by Crippen LogP contribution is -2.50. The smallest absolute Gasteiger partial charge is 0.410 e. The largest absolute Gasteiger partial charge is 0.444 e. The molecule has 0 aromatic carbocycles. The summed E-state index contributed by atoms with van der Waals surface area (Å²) in [6, 6.07) is 4.38. The monoisotopic (exact) mass is 291 g/mol. The van der Waals surface area contributed by atoms with Gasteiger partial charge in [0, 0.05) is 44.6 Å². The van der Waals surface area contributed by atoms with Crippen molar-refractivity contribution < 1.29 is 9.53 Å². The molecule has 1 atom stereocenters. The van der Waals surface area contributed by atoms with Crippen LogP contribution in [-0.4, -0.2) is 52.7 Å². The van der Waals surface area contributed by atoms with Gasteiger partial charge < -0.3 is 9.64 Å². The van der Waals surface area contributed by atoms with Crippen molar-refractivity contribution in [3.63, 3.8) is 0 Å². The number of piperazine rings is 1. The van der Waals surface area contributed by atoms with Crippen LogP contribution in [0.1, 0.15) is 39.3 Å². The molecule has 1 fully saturated rings. The lowest BCUT2D eigenvalue weighted by molar-refractivity contribution is 0.0110. The normalized spacial score (nSPS) is 18.4. The van der Waals surface area contributed by atoms with E-state index in [0.29, 0.717) is 19.1 Å². The summed E-state index contributed by atoms with van der Waals surface area (Å²) >= 11 is 0. The van der Waals surface area contributed by atoms with Crippen LogP contribution in [0.15, 0.2) is 24.5 Å². The van der Waals surface area contributed by atoms with Gasteiger partial charge in [-0.05, 0) is 39.3 Å². The van der Waals surface area contributed by atoms with E-state index in [9.17, 15) is 4.79 Å². The van der Waals surface area contributed by atoms with Crippen molar-refractivity contribution in [1.29, 1.82) is 0 Å². The number of pyridine rings is 1. The molecule has 1 aliphatic rings. The fourth-order valence-corrected chi connectivity index (χ4v) is 2.45. The van der Waals surface area contributed by atoms with Gasteiger partial charge in [-0.2, -0.15) is 0 Å². The second kappa shape index (κ2) is 6.43. The number of carbonyl (C=O) groups excluding carboxylic acids is 1. The molecule has 0 aliphatic carbocycles. The quantitative estimate of drug-likeness (QED) is 0.840. The van der Waals surface area contributed by atoms with Gasteiger partial charge in [-0.3, -0.25) is 9.88 Å². The average molecular weight is 291 g/mol. The molecular weight excluding hydrogens is 266 g/mol. The van der Waals surface area contributed by atoms with E-state index in [0.717, 1.165) is 13.1 Å². The molecule has 0 spiro atoms. The first-order valence-corrected chi connectivity index (χ1v) is 7.49. The maximum atomic E-state index is 12.0. The van der Waals surface area contributed by atoms with E-state index in [1.165, 1.54) is 5.56 Å². The molecule has 1 aromatic rings. The molecule has 21 heavy (non-hydrogen) atoms. The number of nitrogens with zero attached hydrogens (tertiary/aromatic N) is 3. The van der Waals surface area contributed by atoms with Gasteiger partial charge in [0.25, 0.3) is 0 Å². The lowest BCUT2D eigenvalue weighted by atomic mass is 10.1. The molecule has 1 saturated heterocycles. The highest BCUT2D eigenvalue weighted by Crippen LogP contribution is 2.21. The Bertz CT molecular complexity index is 462. The van der Waals surface area contributed by atoms with E-state index in [-0.39, 0.29) is 6.09 Å². The molecule has 5 nitrogen and oxygen atoms in total. The van der Waals surface area contributed by atoms with Crippen LogP contribution < -0.4 is 0 Å². The third kappa shape index (κ3) is 4.43. The van der Waals surface area contributed by atoms with Crippen LogP contribution in [0.25, 0.3) is 0 Å². The van der Waals surface area contributed by atoms with Crippen molar-refractivity contribution in [2.24, 2.45) is 0 Å². The zero-order valence-electron chi connectivity index (χ0n) is 13.4. The summed E-state index contributed by atoms with van der Waals surface area (Å²) in [7, 11) is 0. The first-order chi connectivity index (χ1) is 9.87. The number of amides is 1. The third-order valence-electron chi connectivity index (χ3n) is 3.68. The maximum absolute atomic E-state index is 12.0. The Morgan fingerprint density at radius 1 is 1.29 bits per heavy atom. The van der Waals surface area contributed by atoms with Gasteiger partial charge in [0.15, 0.2) is 0 Å². The third-order valence-corrected chi connectivity index (χ3v) is 3.68. The minimum absolute atomic E-state index is 0.212. The van der Waals surface area contributed by atoms with E-state index >= 15 is 0 Å². The van der Waals surface area contributed by atoms with E-state index in [4.69, 9.17) is 4.74 Å². The van der Waals surface area contributed by atoms with Crippen molar-refractivity contribution in [2.75, 3.05) is 26.2 Å². The first kappa shape index (κ1) is 15.8. The van der Waals surface area contributed by atoms with E-state index < -0.39 is 5.60 Å². The maximum Gasteiger partial charge on any atom is 0.410 e. The summed E-state index contributed by atoms with van der Waals surface area (Å²) in [4.78, 5) is 20.4. The van der Waals surface area contributed by atoms with Crippen molar-refractivity contribution in [3.05, 3.63) is 30.1 Å². The molecule has 0 bridgehead atoms. The second-order valence-corrected chi connectivity index (χ2v) is 6.47. The van der Waals surface area contributed by atoms with Crippen molar-refractivity contribution in [1.82, 2.24) is 14.8 Å². The molecule has 1 amide bonds. The van der Waals surface area contributed by atoms with Crippen LogP contribution in [0.2, 0.25) is 0 Å². The molecule has 116 valence electrons. The second-order valence-electron chi connectivity index (χ2n) is 6.47. The summed E-state index contributed by atoms with van der Waals surface area (Å²) in [6.45, 7) is 11.0. The van der Waals surface area contributed by atoms with Gasteiger partial charge in [0.1, 0.15) is 5.60 Å². The average Bonchev–Trinajstić information content (AvgIpc) is 2.46. The molecule has 2 heterocycles. The van der Waals surface area contributed by atoms with Gasteiger partial charge in [-0.1, -0.05) is 6.07 Å². The van der Waals surface area contributed by atoms with Gasteiger partial charge in [-0.15, -0.1) is 0 Å². The highest BCUT2D eigenvalue weighted by molar-refractivity contribution is 5.68. The number of carbonyl (C=O) groups is 1. The van der Waals surface area contributed by atoms with Crippen molar-refractivity contribution >= 4 is 6.09 Å². The van der Waals surface area contributed by atoms with Crippen LogP contribution in [0.3, 0.4) is 0 Å². The Hall–Kier alpha value is -1.62. The van der Waals surface area contributed by atoms with E-state index in [1.54, 1.807) is 11.1 Å². The van der Waals surface area contributed by atoms with Crippen LogP contribution in [0.5, 0.6) is 0 Å². The first-order valence-electron chi connectivity index (χ1n) is 7.49. The number of ether oxygens (including phenoxy) is 1. The Kier molecular flexibility index (Phi) is 4.83. The van der Waals surface area contributed by atoms with Crippen molar-refractivity contribution in [2.45, 2.75) is 39.3 Å². The van der Waals surface area contributed by atoms with Crippen molar-refractivity contribution in [3.8, 4) is 0 Å². The Morgan fingerprint density at radius 3 is 2.48 bits per heavy atom. The number of aromatic nitrogens is 1. The molecule has 5 heteroatoms. The van der Waals surface area contributed by atoms with Gasteiger partial charge in [0.05, 0.1) is 0 Å². The fraction of sp³-hybridized carbons (Fsp3) is 0.625. The van der Waals surface area contributed by atoms with Crippen LogP contribution in [0, 0.1) is 0 Å². The summed E-state index contributed by atoms with van der Waals surface area (Å²) in [5.41, 5.74) is 0.778. The number of hydrogen-bond acceptors (Lipinski definition) is 4. The van der Waals surface area contributed by atoms with E-state index in [1.807, 2.05) is 33.0 Å². The molecule has 2 rings (SSSR count). The Balaban J connectivity index is 1.87. The van der Waals surface area contributed by atoms with Crippen LogP contribution in [0.4, 0.5) is 4.79 Å². The predicted molar refractivity (Wildman–Crippen MR) is 82.0 cm³/mol. The molecule has 1 unspecified atom stereocenters. The number of rotatable bonds is 2. The van der Waals surface area contributed by atoms with Gasteiger partial charge >= 0.3 is 6.09 Å². The fourth-order valence-electron chi connectivity index (χ4n) is 2.45. The summed E-state index contributed by atoms with van der Waals surface area (Å²) in [6.07, 6.45) is 3.48. The zero-order valence-corrected chi connectivity index (χ0v) is 13.4. The van der Waals surface area contributed by atoms with Crippen LogP contribution in [-0.2, 0) is 4.74 Å². The topological polar surface area (TPSA) is 45.7 Å². The Labute approximate surface area is 126 Å². The standard InChI is InChI=1S/C16H25N3O2/c1-13(14-6-5-7-17-12-14)18-8-10-19(11-9-18)15(20)21-16(2,3)4/h5-7,12-13H,8-11H2,1-4H3. The van der Waals surface area contributed by atoms with E-state index in [2.05, 4.69) is 22.9 Å².